The molecule has 0 spiro atoms. The Morgan fingerprint density at radius 2 is 1.73 bits per heavy atom. The summed E-state index contributed by atoms with van der Waals surface area (Å²) >= 11 is 0. The van der Waals surface area contributed by atoms with E-state index >= 15 is 0 Å². The molecule has 12 nitrogen and oxygen atoms in total. The first-order chi connectivity index (χ1) is 18.0. The number of aromatic nitrogens is 6. The van der Waals surface area contributed by atoms with Crippen LogP contribution >= 0.6 is 0 Å². The SMILES string of the molecule is O=C(NCCn1ncc2c(=O)n(Cc3ccc([N+](=O)[O-])cc3)cnc21)c1ccc(Cn2ccnc2)cc1. The van der Waals surface area contributed by atoms with Gasteiger partial charge in [-0.1, -0.05) is 24.3 Å². The van der Waals surface area contributed by atoms with Crippen LogP contribution in [0.1, 0.15) is 21.5 Å². The number of hydrogen-bond acceptors (Lipinski definition) is 7. The predicted molar refractivity (Wildman–Crippen MR) is 134 cm³/mol. The van der Waals surface area contributed by atoms with Gasteiger partial charge in [-0.2, -0.15) is 5.10 Å². The quantitative estimate of drug-likeness (QED) is 0.242. The van der Waals surface area contributed by atoms with Crippen molar-refractivity contribution in [3.63, 3.8) is 0 Å². The summed E-state index contributed by atoms with van der Waals surface area (Å²) in [6, 6.07) is 13.4. The van der Waals surface area contributed by atoms with Crippen molar-refractivity contribution in [3.05, 3.63) is 117 Å². The van der Waals surface area contributed by atoms with Crippen LogP contribution in [0.5, 0.6) is 0 Å². The van der Waals surface area contributed by atoms with Gasteiger partial charge >= 0.3 is 0 Å². The molecule has 0 bridgehead atoms. The Bertz CT molecular complexity index is 1600. The van der Waals surface area contributed by atoms with E-state index in [2.05, 4.69) is 20.4 Å². The number of nitrogens with one attached hydrogen (secondary N) is 1. The molecule has 0 unspecified atom stereocenters. The first kappa shape index (κ1) is 23.6. The third-order valence-electron chi connectivity index (χ3n) is 5.87. The lowest BCUT2D eigenvalue weighted by Crippen LogP contribution is -2.27. The highest BCUT2D eigenvalue weighted by Gasteiger charge is 2.12. The van der Waals surface area contributed by atoms with Crippen LogP contribution in [0.15, 0.2) is 84.6 Å². The second kappa shape index (κ2) is 10.2. The highest BCUT2D eigenvalue weighted by molar-refractivity contribution is 5.94. The zero-order valence-corrected chi connectivity index (χ0v) is 19.6. The summed E-state index contributed by atoms with van der Waals surface area (Å²) in [4.78, 5) is 44.2. The van der Waals surface area contributed by atoms with E-state index in [0.29, 0.717) is 36.2 Å². The molecule has 186 valence electrons. The van der Waals surface area contributed by atoms with Crippen molar-refractivity contribution in [1.82, 2.24) is 34.2 Å². The number of fused-ring (bicyclic) bond motifs is 1. The Morgan fingerprint density at radius 3 is 2.43 bits per heavy atom. The van der Waals surface area contributed by atoms with Crippen molar-refractivity contribution in [2.24, 2.45) is 0 Å². The van der Waals surface area contributed by atoms with Crippen molar-refractivity contribution < 1.29 is 9.72 Å². The van der Waals surface area contributed by atoms with Gasteiger partial charge in [-0.25, -0.2) is 14.6 Å². The van der Waals surface area contributed by atoms with Crippen molar-refractivity contribution in [3.8, 4) is 0 Å². The number of carbonyl (C=O) groups excluding carboxylic acids is 1. The van der Waals surface area contributed by atoms with Crippen LogP contribution in [-0.2, 0) is 19.6 Å². The molecule has 0 saturated heterocycles. The number of nitrogens with zero attached hydrogens (tertiary/aromatic N) is 7. The van der Waals surface area contributed by atoms with Gasteiger partial charge < -0.3 is 9.88 Å². The van der Waals surface area contributed by atoms with Crippen molar-refractivity contribution in [2.45, 2.75) is 19.6 Å². The molecule has 2 aromatic carbocycles. The molecule has 0 aliphatic rings. The van der Waals surface area contributed by atoms with Crippen molar-refractivity contribution in [2.75, 3.05) is 6.54 Å². The largest absolute Gasteiger partial charge is 0.350 e. The van der Waals surface area contributed by atoms with Gasteiger partial charge in [-0.05, 0) is 23.3 Å². The molecule has 0 fully saturated rings. The molecule has 3 heterocycles. The standard InChI is InChI=1S/C25H22N8O4/c34-24(20-5-1-18(2-6-20)14-30-11-9-26-16-30)27-10-12-32-23-22(13-29-32)25(35)31(17-28-23)15-19-3-7-21(8-4-19)33(36)37/h1-9,11,13,16-17H,10,12,14-15H2,(H,27,34). The van der Waals surface area contributed by atoms with Crippen molar-refractivity contribution >= 4 is 22.6 Å². The number of benzene rings is 2. The number of rotatable bonds is 9. The summed E-state index contributed by atoms with van der Waals surface area (Å²) in [5.74, 6) is -0.205. The average molecular weight is 499 g/mol. The van der Waals surface area contributed by atoms with Gasteiger partial charge in [-0.15, -0.1) is 0 Å². The fraction of sp³-hybridized carbons (Fsp3) is 0.160. The average Bonchev–Trinajstić information content (AvgIpc) is 3.57. The summed E-state index contributed by atoms with van der Waals surface area (Å²) in [6.07, 6.45) is 8.22. The minimum absolute atomic E-state index is 0.0133. The monoisotopic (exact) mass is 498 g/mol. The van der Waals surface area contributed by atoms with E-state index in [9.17, 15) is 19.7 Å². The first-order valence-electron chi connectivity index (χ1n) is 11.4. The zero-order valence-electron chi connectivity index (χ0n) is 19.6. The summed E-state index contributed by atoms with van der Waals surface area (Å²) in [6.45, 7) is 1.55. The smallest absolute Gasteiger partial charge is 0.269 e. The molecule has 0 aliphatic carbocycles. The van der Waals surface area contributed by atoms with Crippen molar-refractivity contribution in [1.29, 1.82) is 0 Å². The Labute approximate surface area is 210 Å². The van der Waals surface area contributed by atoms with E-state index in [1.165, 1.54) is 29.2 Å². The Kier molecular flexibility index (Phi) is 6.53. The van der Waals surface area contributed by atoms with Crippen LogP contribution in [0.4, 0.5) is 5.69 Å². The molecule has 1 amide bonds. The molecular formula is C25H22N8O4. The molecule has 0 aliphatic heterocycles. The molecule has 0 saturated carbocycles. The van der Waals surface area contributed by atoms with Crippen LogP contribution in [0, 0.1) is 10.1 Å². The number of nitro groups is 1. The zero-order chi connectivity index (χ0) is 25.8. The normalized spacial score (nSPS) is 11.0. The highest BCUT2D eigenvalue weighted by atomic mass is 16.6. The minimum atomic E-state index is -0.472. The van der Waals surface area contributed by atoms with E-state index in [1.54, 1.807) is 41.5 Å². The second-order valence-corrected chi connectivity index (χ2v) is 8.39. The fourth-order valence-corrected chi connectivity index (χ4v) is 3.92. The van der Waals surface area contributed by atoms with Gasteiger partial charge in [0.2, 0.25) is 0 Å². The molecular weight excluding hydrogens is 476 g/mol. The van der Waals surface area contributed by atoms with Gasteiger partial charge in [-0.3, -0.25) is 24.3 Å². The van der Waals surface area contributed by atoms with Gasteiger partial charge in [0.15, 0.2) is 5.65 Å². The van der Waals surface area contributed by atoms with Gasteiger partial charge in [0.1, 0.15) is 11.7 Å². The first-order valence-corrected chi connectivity index (χ1v) is 11.4. The summed E-state index contributed by atoms with van der Waals surface area (Å²) in [5.41, 5.74) is 2.48. The lowest BCUT2D eigenvalue weighted by atomic mass is 10.1. The molecule has 12 heteroatoms. The molecule has 5 rings (SSSR count). The maximum absolute atomic E-state index is 12.9. The topological polar surface area (TPSA) is 143 Å². The fourth-order valence-electron chi connectivity index (χ4n) is 3.92. The molecule has 5 aromatic rings. The molecule has 3 aromatic heterocycles. The number of carbonyl (C=O) groups is 1. The lowest BCUT2D eigenvalue weighted by molar-refractivity contribution is -0.384. The van der Waals surface area contributed by atoms with E-state index < -0.39 is 4.92 Å². The van der Waals surface area contributed by atoms with E-state index in [0.717, 1.165) is 11.1 Å². The Morgan fingerprint density at radius 1 is 1.00 bits per heavy atom. The van der Waals surface area contributed by atoms with Gasteiger partial charge in [0.05, 0.1) is 30.5 Å². The highest BCUT2D eigenvalue weighted by Crippen LogP contribution is 2.13. The van der Waals surface area contributed by atoms with Crippen LogP contribution in [0.3, 0.4) is 0 Å². The van der Waals surface area contributed by atoms with Crippen LogP contribution in [-0.4, -0.2) is 46.3 Å². The third-order valence-corrected chi connectivity index (χ3v) is 5.87. The predicted octanol–water partition coefficient (Wildman–Crippen LogP) is 2.22. The molecule has 0 radical (unpaired) electrons. The van der Waals surface area contributed by atoms with Crippen LogP contribution in [0.25, 0.3) is 11.0 Å². The minimum Gasteiger partial charge on any atom is -0.350 e. The summed E-state index contributed by atoms with van der Waals surface area (Å²) in [5, 5.41) is 18.3. The number of non-ortho nitro benzene ring substituents is 1. The van der Waals surface area contributed by atoms with Gasteiger partial charge in [0.25, 0.3) is 17.2 Å². The maximum Gasteiger partial charge on any atom is 0.269 e. The molecule has 37 heavy (non-hydrogen) atoms. The number of amides is 1. The number of nitro benzene ring substituents is 1. The van der Waals surface area contributed by atoms with E-state index in [4.69, 9.17) is 0 Å². The maximum atomic E-state index is 12.9. The van der Waals surface area contributed by atoms with Crippen LogP contribution < -0.4 is 10.9 Å². The summed E-state index contributed by atoms with van der Waals surface area (Å²) in [7, 11) is 0. The number of imidazole rings is 1. The second-order valence-electron chi connectivity index (χ2n) is 8.39. The molecule has 1 N–H and O–H groups in total. The lowest BCUT2D eigenvalue weighted by Gasteiger charge is -2.08. The van der Waals surface area contributed by atoms with E-state index in [-0.39, 0.29) is 23.7 Å². The number of hydrogen-bond donors (Lipinski definition) is 1. The molecule has 0 atom stereocenters. The summed E-state index contributed by atoms with van der Waals surface area (Å²) < 4.78 is 4.94. The van der Waals surface area contributed by atoms with Gasteiger partial charge in [0, 0.05) is 43.2 Å². The van der Waals surface area contributed by atoms with Crippen LogP contribution in [0.2, 0.25) is 0 Å². The Hall–Kier alpha value is -5.13. The third kappa shape index (κ3) is 5.27. The van der Waals surface area contributed by atoms with E-state index in [1.807, 2.05) is 22.9 Å². The Balaban J connectivity index is 1.19.